The monoisotopic (exact) mass is 365 g/mol. The number of aromatic amines is 1. The van der Waals surface area contributed by atoms with Gasteiger partial charge in [0.05, 0.1) is 0 Å². The van der Waals surface area contributed by atoms with Gasteiger partial charge in [0, 0.05) is 6.42 Å². The molecule has 0 aliphatic rings. The van der Waals surface area contributed by atoms with Crippen molar-refractivity contribution in [1.82, 2.24) is 20.5 Å². The zero-order chi connectivity index (χ0) is 18.9. The zero-order valence-corrected chi connectivity index (χ0v) is 14.5. The third kappa shape index (κ3) is 5.67. The van der Waals surface area contributed by atoms with Crippen LogP contribution in [-0.4, -0.2) is 33.2 Å². The van der Waals surface area contributed by atoms with Gasteiger partial charge in [-0.2, -0.15) is 10.1 Å². The smallest absolute Gasteiger partial charge is 0.408 e. The highest BCUT2D eigenvalue weighted by Crippen LogP contribution is 2.07. The number of nitrogens with one attached hydrogen (secondary N) is 3. The number of benzene rings is 2. The van der Waals surface area contributed by atoms with Gasteiger partial charge in [-0.25, -0.2) is 9.89 Å². The van der Waals surface area contributed by atoms with Gasteiger partial charge in [0.25, 0.3) is 0 Å². The molecule has 8 nitrogen and oxygen atoms in total. The number of nitrogens with zero attached hydrogens (tertiary/aromatic N) is 2. The molecular weight excluding hydrogens is 346 g/mol. The summed E-state index contributed by atoms with van der Waals surface area (Å²) in [4.78, 5) is 28.6. The molecule has 0 aliphatic heterocycles. The minimum Gasteiger partial charge on any atom is -0.445 e. The number of H-pyrrole nitrogens is 1. The normalized spacial score (nSPS) is 11.4. The van der Waals surface area contributed by atoms with Gasteiger partial charge in [0.1, 0.15) is 19.0 Å². The summed E-state index contributed by atoms with van der Waals surface area (Å²) in [5.41, 5.74) is 1.76. The molecule has 1 aromatic heterocycles. The number of ether oxygens (including phenoxy) is 1. The summed E-state index contributed by atoms with van der Waals surface area (Å²) in [5, 5.41) is 11.4. The molecule has 0 unspecified atom stereocenters. The average Bonchev–Trinajstić information content (AvgIpc) is 3.20. The summed E-state index contributed by atoms with van der Waals surface area (Å²) < 4.78 is 5.22. The van der Waals surface area contributed by atoms with Gasteiger partial charge in [0.15, 0.2) is 0 Å². The van der Waals surface area contributed by atoms with Crippen molar-refractivity contribution in [2.45, 2.75) is 19.1 Å². The van der Waals surface area contributed by atoms with Gasteiger partial charge >= 0.3 is 6.09 Å². The van der Waals surface area contributed by atoms with Crippen LogP contribution in [0, 0.1) is 0 Å². The molecule has 1 heterocycles. The topological polar surface area (TPSA) is 109 Å². The third-order valence-electron chi connectivity index (χ3n) is 3.76. The van der Waals surface area contributed by atoms with Crippen LogP contribution in [0.2, 0.25) is 0 Å². The van der Waals surface area contributed by atoms with Crippen LogP contribution in [0.1, 0.15) is 11.1 Å². The van der Waals surface area contributed by atoms with E-state index in [1.165, 1.54) is 6.33 Å². The van der Waals surface area contributed by atoms with E-state index in [9.17, 15) is 9.59 Å². The predicted octanol–water partition coefficient (Wildman–Crippen LogP) is 2.28. The van der Waals surface area contributed by atoms with Crippen molar-refractivity contribution in [3.05, 3.63) is 78.1 Å². The molecule has 3 rings (SSSR count). The van der Waals surface area contributed by atoms with Crippen LogP contribution in [0.15, 0.2) is 67.0 Å². The molecule has 0 radical (unpaired) electrons. The molecule has 0 saturated heterocycles. The van der Waals surface area contributed by atoms with E-state index in [2.05, 4.69) is 25.8 Å². The van der Waals surface area contributed by atoms with Gasteiger partial charge in [-0.3, -0.25) is 10.1 Å². The summed E-state index contributed by atoms with van der Waals surface area (Å²) in [6.45, 7) is 0.119. The molecule has 0 saturated carbocycles. The second kappa shape index (κ2) is 9.14. The van der Waals surface area contributed by atoms with Gasteiger partial charge in [-0.05, 0) is 11.1 Å². The van der Waals surface area contributed by atoms with Crippen LogP contribution in [0.25, 0.3) is 0 Å². The van der Waals surface area contributed by atoms with Crippen LogP contribution in [0.5, 0.6) is 0 Å². The SMILES string of the molecule is O=C(N[C@@H](Cc1ccccc1)C(=O)Nc1ncn[nH]1)OCc1ccccc1. The Morgan fingerprint density at radius 1 is 1.00 bits per heavy atom. The Morgan fingerprint density at radius 3 is 2.30 bits per heavy atom. The van der Waals surface area contributed by atoms with E-state index in [0.717, 1.165) is 11.1 Å². The Balaban J connectivity index is 1.63. The van der Waals surface area contributed by atoms with Crippen LogP contribution >= 0.6 is 0 Å². The summed E-state index contributed by atoms with van der Waals surface area (Å²) in [6.07, 6.45) is 0.914. The average molecular weight is 365 g/mol. The molecule has 0 fully saturated rings. The third-order valence-corrected chi connectivity index (χ3v) is 3.76. The molecule has 138 valence electrons. The summed E-state index contributed by atoms with van der Waals surface area (Å²) in [6, 6.07) is 17.9. The minimum absolute atomic E-state index is 0.119. The van der Waals surface area contributed by atoms with Crippen LogP contribution in [0.4, 0.5) is 10.7 Å². The quantitative estimate of drug-likeness (QED) is 0.595. The Morgan fingerprint density at radius 2 is 1.67 bits per heavy atom. The number of anilines is 1. The number of rotatable bonds is 7. The lowest BCUT2D eigenvalue weighted by Gasteiger charge is -2.17. The molecule has 3 N–H and O–H groups in total. The maximum atomic E-state index is 12.6. The molecule has 0 spiro atoms. The van der Waals surface area contributed by atoms with Crippen LogP contribution in [-0.2, 0) is 22.6 Å². The second-order valence-corrected chi connectivity index (χ2v) is 5.77. The van der Waals surface area contributed by atoms with Crippen molar-refractivity contribution in [3.63, 3.8) is 0 Å². The molecular formula is C19H19N5O3. The molecule has 1 atom stereocenters. The highest BCUT2D eigenvalue weighted by molar-refractivity contribution is 5.95. The van der Waals surface area contributed by atoms with Crippen molar-refractivity contribution in [3.8, 4) is 0 Å². The molecule has 27 heavy (non-hydrogen) atoms. The number of carbonyl (C=O) groups is 2. The zero-order valence-electron chi connectivity index (χ0n) is 14.5. The summed E-state index contributed by atoms with van der Waals surface area (Å²) in [7, 11) is 0. The van der Waals surface area contributed by atoms with Crippen LogP contribution in [0.3, 0.4) is 0 Å². The van der Waals surface area contributed by atoms with Gasteiger partial charge in [-0.15, -0.1) is 0 Å². The maximum Gasteiger partial charge on any atom is 0.408 e. The number of carbonyl (C=O) groups excluding carboxylic acids is 2. The largest absolute Gasteiger partial charge is 0.445 e. The fourth-order valence-corrected chi connectivity index (χ4v) is 2.44. The van der Waals surface area contributed by atoms with Gasteiger partial charge in [-0.1, -0.05) is 60.7 Å². The first kappa shape index (κ1) is 18.1. The Bertz CT molecular complexity index is 854. The summed E-state index contributed by atoms with van der Waals surface area (Å²) >= 11 is 0. The summed E-state index contributed by atoms with van der Waals surface area (Å²) in [5.74, 6) is -0.218. The standard InChI is InChI=1S/C19H19N5O3/c25-17(23-18-20-13-21-24-18)16(11-14-7-3-1-4-8-14)22-19(26)27-12-15-9-5-2-6-10-15/h1-10,13,16H,11-12H2,(H,22,26)(H2,20,21,23,24,25)/t16-/m0/s1. The van der Waals surface area contributed by atoms with Crippen LogP contribution < -0.4 is 10.6 Å². The van der Waals surface area contributed by atoms with E-state index in [1.54, 1.807) is 0 Å². The second-order valence-electron chi connectivity index (χ2n) is 5.77. The Hall–Kier alpha value is -3.68. The van der Waals surface area contributed by atoms with Crippen molar-refractivity contribution < 1.29 is 14.3 Å². The van der Waals surface area contributed by atoms with Crippen molar-refractivity contribution in [2.75, 3.05) is 5.32 Å². The van der Waals surface area contributed by atoms with E-state index in [4.69, 9.17) is 4.74 Å². The number of aromatic nitrogens is 3. The fourth-order valence-electron chi connectivity index (χ4n) is 2.44. The number of hydrogen-bond donors (Lipinski definition) is 3. The Labute approximate surface area is 156 Å². The van der Waals surface area contributed by atoms with Crippen molar-refractivity contribution in [1.29, 1.82) is 0 Å². The van der Waals surface area contributed by atoms with E-state index >= 15 is 0 Å². The molecule has 2 amide bonds. The molecule has 2 aromatic carbocycles. The molecule has 0 aliphatic carbocycles. The lowest BCUT2D eigenvalue weighted by atomic mass is 10.1. The lowest BCUT2D eigenvalue weighted by Crippen LogP contribution is -2.45. The first-order valence-electron chi connectivity index (χ1n) is 8.38. The number of amides is 2. The lowest BCUT2D eigenvalue weighted by molar-refractivity contribution is -0.118. The minimum atomic E-state index is -0.833. The van der Waals surface area contributed by atoms with E-state index in [1.807, 2.05) is 60.7 Å². The van der Waals surface area contributed by atoms with Crippen molar-refractivity contribution >= 4 is 17.9 Å². The van der Waals surface area contributed by atoms with E-state index in [-0.39, 0.29) is 12.6 Å². The maximum absolute atomic E-state index is 12.6. The molecule has 0 bridgehead atoms. The first-order chi connectivity index (χ1) is 13.2. The van der Waals surface area contributed by atoms with E-state index < -0.39 is 18.0 Å². The van der Waals surface area contributed by atoms with Gasteiger partial charge in [0.2, 0.25) is 11.9 Å². The molecule has 3 aromatic rings. The number of hydrogen-bond acceptors (Lipinski definition) is 5. The number of alkyl carbamates (subject to hydrolysis) is 1. The molecule has 8 heteroatoms. The van der Waals surface area contributed by atoms with Gasteiger partial charge < -0.3 is 10.1 Å². The fraction of sp³-hybridized carbons (Fsp3) is 0.158. The first-order valence-corrected chi connectivity index (χ1v) is 8.38. The Kier molecular flexibility index (Phi) is 6.13. The highest BCUT2D eigenvalue weighted by atomic mass is 16.5. The predicted molar refractivity (Wildman–Crippen MR) is 98.7 cm³/mol. The van der Waals surface area contributed by atoms with Crippen molar-refractivity contribution in [2.24, 2.45) is 0 Å². The highest BCUT2D eigenvalue weighted by Gasteiger charge is 2.23. The van der Waals surface area contributed by atoms with E-state index in [0.29, 0.717) is 6.42 Å².